The summed E-state index contributed by atoms with van der Waals surface area (Å²) in [5.41, 5.74) is 2.03. The molecule has 3 aromatic rings. The largest absolute Gasteiger partial charge is 0.496 e. The Morgan fingerprint density at radius 3 is 2.41 bits per heavy atom. The van der Waals surface area contributed by atoms with Gasteiger partial charge in [0.05, 0.1) is 47.6 Å². The first-order chi connectivity index (χ1) is 18.6. The Labute approximate surface area is 228 Å². The van der Waals surface area contributed by atoms with Crippen LogP contribution in [0.2, 0.25) is 0 Å². The van der Waals surface area contributed by atoms with E-state index in [1.807, 2.05) is 43.3 Å². The molecular weight excluding hydrogens is 524 g/mol. The Morgan fingerprint density at radius 2 is 1.85 bits per heavy atom. The molecule has 0 aliphatic carbocycles. The number of nitrogens with zero attached hydrogens (tertiary/aromatic N) is 4. The van der Waals surface area contributed by atoms with Crippen LogP contribution in [-0.4, -0.2) is 50.4 Å². The van der Waals surface area contributed by atoms with E-state index in [-0.39, 0.29) is 28.1 Å². The third-order valence-electron chi connectivity index (χ3n) is 6.26. The molecule has 4 rings (SSSR count). The average molecular weight is 553 g/mol. The monoisotopic (exact) mass is 552 g/mol. The number of aromatic nitrogens is 1. The number of ether oxygens (including phenoxy) is 3. The number of fused-ring (bicyclic) bond motifs is 1. The normalized spacial score (nSPS) is 14.9. The van der Waals surface area contributed by atoms with Crippen molar-refractivity contribution in [1.82, 2.24) is 4.57 Å². The number of carbonyl (C=O) groups excluding carboxylic acids is 1. The van der Waals surface area contributed by atoms with Crippen LogP contribution in [0.3, 0.4) is 0 Å². The molecule has 0 bridgehead atoms. The SMILES string of the molecule is CCOC(=O)C1=C(C)N=c2s/c(=C\c3cc([N+](=O)[O-])c(OC)cc3OC)c(=O)n2[C@H]1c1ccc(N(C)C)cc1. The Bertz CT molecular complexity index is 1650. The highest BCUT2D eigenvalue weighted by atomic mass is 32.1. The van der Waals surface area contributed by atoms with E-state index in [4.69, 9.17) is 14.2 Å². The van der Waals surface area contributed by atoms with Crippen LogP contribution < -0.4 is 29.3 Å². The summed E-state index contributed by atoms with van der Waals surface area (Å²) in [4.78, 5) is 44.9. The van der Waals surface area contributed by atoms with E-state index in [9.17, 15) is 19.7 Å². The van der Waals surface area contributed by atoms with Crippen molar-refractivity contribution in [2.24, 2.45) is 4.99 Å². The second-order valence-electron chi connectivity index (χ2n) is 8.81. The Balaban J connectivity index is 1.97. The summed E-state index contributed by atoms with van der Waals surface area (Å²) in [6.45, 7) is 3.59. The number of rotatable bonds is 8. The van der Waals surface area contributed by atoms with Crippen molar-refractivity contribution in [1.29, 1.82) is 0 Å². The molecule has 12 heteroatoms. The minimum Gasteiger partial charge on any atom is -0.496 e. The quantitative estimate of drug-likeness (QED) is 0.237. The van der Waals surface area contributed by atoms with Crippen LogP contribution in [0.25, 0.3) is 6.08 Å². The summed E-state index contributed by atoms with van der Waals surface area (Å²) in [7, 11) is 6.59. The zero-order valence-corrected chi connectivity index (χ0v) is 23.2. The Hall–Kier alpha value is -4.45. The van der Waals surface area contributed by atoms with Gasteiger partial charge in [-0.3, -0.25) is 19.5 Å². The second-order valence-corrected chi connectivity index (χ2v) is 9.82. The van der Waals surface area contributed by atoms with E-state index in [0.717, 1.165) is 17.0 Å². The number of esters is 1. The molecule has 39 heavy (non-hydrogen) atoms. The number of benzene rings is 2. The summed E-state index contributed by atoms with van der Waals surface area (Å²) in [6.07, 6.45) is 1.52. The van der Waals surface area contributed by atoms with Gasteiger partial charge in [0.2, 0.25) is 5.75 Å². The number of allylic oxidation sites excluding steroid dienone is 1. The number of methoxy groups -OCH3 is 2. The molecule has 0 saturated heterocycles. The molecule has 0 fully saturated rings. The first-order valence-corrected chi connectivity index (χ1v) is 12.8. The molecule has 11 nitrogen and oxygen atoms in total. The Morgan fingerprint density at radius 1 is 1.18 bits per heavy atom. The van der Waals surface area contributed by atoms with Crippen LogP contribution in [0.5, 0.6) is 11.5 Å². The maximum atomic E-state index is 13.9. The van der Waals surface area contributed by atoms with E-state index < -0.39 is 22.5 Å². The molecule has 0 N–H and O–H groups in total. The molecule has 0 unspecified atom stereocenters. The lowest BCUT2D eigenvalue weighted by molar-refractivity contribution is -0.385. The van der Waals surface area contributed by atoms with E-state index in [1.54, 1.807) is 13.8 Å². The lowest BCUT2D eigenvalue weighted by Gasteiger charge is -2.25. The van der Waals surface area contributed by atoms with Crippen LogP contribution in [0, 0.1) is 10.1 Å². The van der Waals surface area contributed by atoms with E-state index in [0.29, 0.717) is 27.4 Å². The fourth-order valence-corrected chi connectivity index (χ4v) is 5.40. The first kappa shape index (κ1) is 27.6. The molecule has 0 spiro atoms. The van der Waals surface area contributed by atoms with E-state index in [2.05, 4.69) is 4.99 Å². The smallest absolute Gasteiger partial charge is 0.338 e. The van der Waals surface area contributed by atoms with Crippen LogP contribution in [0.4, 0.5) is 11.4 Å². The number of carbonyl (C=O) groups is 1. The van der Waals surface area contributed by atoms with Gasteiger partial charge in [-0.15, -0.1) is 0 Å². The highest BCUT2D eigenvalue weighted by Crippen LogP contribution is 2.35. The van der Waals surface area contributed by atoms with E-state index >= 15 is 0 Å². The van der Waals surface area contributed by atoms with Crippen molar-refractivity contribution in [2.75, 3.05) is 39.8 Å². The Kier molecular flexibility index (Phi) is 7.86. The number of hydrogen-bond acceptors (Lipinski definition) is 10. The van der Waals surface area contributed by atoms with Gasteiger partial charge in [0.25, 0.3) is 5.56 Å². The van der Waals surface area contributed by atoms with Crippen LogP contribution in [0.1, 0.15) is 31.0 Å². The van der Waals surface area contributed by atoms with Crippen molar-refractivity contribution >= 4 is 34.8 Å². The summed E-state index contributed by atoms with van der Waals surface area (Å²) in [5.74, 6) is -0.226. The average Bonchev–Trinajstić information content (AvgIpc) is 3.21. The molecular formula is C27H28N4O7S. The molecule has 204 valence electrons. The molecule has 0 radical (unpaired) electrons. The van der Waals surface area contributed by atoms with Crippen LogP contribution in [0.15, 0.2) is 57.5 Å². The molecule has 1 atom stereocenters. The predicted octanol–water partition coefficient (Wildman–Crippen LogP) is 2.79. The minimum absolute atomic E-state index is 0.0336. The standard InChI is InChI=1S/C27H28N4O7S/c1-7-38-26(33)23-15(2)28-27-30(24(23)16-8-10-18(11-9-16)29(3)4)25(32)22(39-27)13-17-12-19(31(34)35)21(37-6)14-20(17)36-5/h8-14,24H,7H2,1-6H3/b22-13-/t24-/m0/s1. The zero-order chi connectivity index (χ0) is 28.4. The number of nitro groups is 1. The third-order valence-corrected chi connectivity index (χ3v) is 7.24. The lowest BCUT2D eigenvalue weighted by Crippen LogP contribution is -2.40. The van der Waals surface area contributed by atoms with Gasteiger partial charge in [0.1, 0.15) is 5.75 Å². The van der Waals surface area contributed by atoms with Crippen molar-refractivity contribution in [3.8, 4) is 11.5 Å². The fraction of sp³-hybridized carbons (Fsp3) is 0.296. The van der Waals surface area contributed by atoms with Gasteiger partial charge in [-0.2, -0.15) is 0 Å². The molecule has 0 amide bonds. The second kappa shape index (κ2) is 11.1. The molecule has 1 aliphatic heterocycles. The summed E-state index contributed by atoms with van der Waals surface area (Å²) in [5, 5.41) is 11.6. The zero-order valence-electron chi connectivity index (χ0n) is 22.4. The molecule has 0 saturated carbocycles. The summed E-state index contributed by atoms with van der Waals surface area (Å²) >= 11 is 1.11. The molecule has 1 aliphatic rings. The third kappa shape index (κ3) is 5.15. The van der Waals surface area contributed by atoms with Gasteiger partial charge >= 0.3 is 11.7 Å². The summed E-state index contributed by atoms with van der Waals surface area (Å²) in [6, 6.07) is 9.47. The maximum absolute atomic E-state index is 13.9. The fourth-order valence-electron chi connectivity index (χ4n) is 4.36. The van der Waals surface area contributed by atoms with Gasteiger partial charge in [-0.05, 0) is 37.6 Å². The van der Waals surface area contributed by atoms with Gasteiger partial charge in [-0.1, -0.05) is 23.5 Å². The number of nitro benzene ring substituents is 1. The topological polar surface area (TPSA) is 126 Å². The predicted molar refractivity (Wildman–Crippen MR) is 147 cm³/mol. The highest BCUT2D eigenvalue weighted by molar-refractivity contribution is 7.07. The van der Waals surface area contributed by atoms with Gasteiger partial charge < -0.3 is 19.1 Å². The van der Waals surface area contributed by atoms with Crippen molar-refractivity contribution < 1.29 is 23.9 Å². The van der Waals surface area contributed by atoms with Crippen molar-refractivity contribution in [3.05, 3.63) is 88.6 Å². The van der Waals surface area contributed by atoms with Gasteiger partial charge in [-0.25, -0.2) is 9.79 Å². The number of anilines is 1. The lowest BCUT2D eigenvalue weighted by atomic mass is 9.95. The van der Waals surface area contributed by atoms with Crippen LogP contribution >= 0.6 is 11.3 Å². The minimum atomic E-state index is -0.772. The van der Waals surface area contributed by atoms with Gasteiger partial charge in [0, 0.05) is 37.5 Å². The van der Waals surface area contributed by atoms with Crippen LogP contribution in [-0.2, 0) is 9.53 Å². The number of thiazole rings is 1. The molecule has 1 aromatic heterocycles. The molecule has 2 heterocycles. The first-order valence-electron chi connectivity index (χ1n) is 12.0. The summed E-state index contributed by atoms with van der Waals surface area (Å²) < 4.78 is 17.6. The van der Waals surface area contributed by atoms with Crippen molar-refractivity contribution in [2.45, 2.75) is 19.9 Å². The number of hydrogen-bond donors (Lipinski definition) is 0. The maximum Gasteiger partial charge on any atom is 0.338 e. The van der Waals surface area contributed by atoms with E-state index in [1.165, 1.54) is 37.0 Å². The molecule has 2 aromatic carbocycles. The van der Waals surface area contributed by atoms with Gasteiger partial charge in [0.15, 0.2) is 4.80 Å². The van der Waals surface area contributed by atoms with Crippen molar-refractivity contribution in [3.63, 3.8) is 0 Å². The highest BCUT2D eigenvalue weighted by Gasteiger charge is 2.33.